The number of ether oxygens (including phenoxy) is 2. The minimum absolute atomic E-state index is 0.731. The molecule has 0 spiro atoms. The molecule has 1 heterocycles. The van der Waals surface area contributed by atoms with Crippen LogP contribution < -0.4 is 14.8 Å². The van der Waals surface area contributed by atoms with Gasteiger partial charge in [-0.05, 0) is 62.4 Å². The average Bonchev–Trinajstić information content (AvgIpc) is 2.42. The number of methoxy groups -OCH3 is 2. The van der Waals surface area contributed by atoms with Gasteiger partial charge in [0.15, 0.2) is 0 Å². The van der Waals surface area contributed by atoms with Gasteiger partial charge in [-0.3, -0.25) is 0 Å². The zero-order valence-corrected chi connectivity index (χ0v) is 11.6. The summed E-state index contributed by atoms with van der Waals surface area (Å²) in [6.45, 7) is 4.42. The molecule has 1 aromatic rings. The second-order valence-electron chi connectivity index (χ2n) is 5.03. The number of hydrogen-bond donors (Lipinski definition) is 1. The van der Waals surface area contributed by atoms with Gasteiger partial charge in [0.1, 0.15) is 11.5 Å². The van der Waals surface area contributed by atoms with Crippen LogP contribution in [0.2, 0.25) is 0 Å². The lowest BCUT2D eigenvalue weighted by atomic mass is 9.90. The van der Waals surface area contributed by atoms with Crippen molar-refractivity contribution in [3.05, 3.63) is 23.3 Å². The molecule has 3 heteroatoms. The molecule has 3 nitrogen and oxygen atoms in total. The molecule has 0 saturated carbocycles. The van der Waals surface area contributed by atoms with Gasteiger partial charge < -0.3 is 14.8 Å². The van der Waals surface area contributed by atoms with Gasteiger partial charge in [-0.25, -0.2) is 0 Å². The van der Waals surface area contributed by atoms with Gasteiger partial charge in [-0.15, -0.1) is 0 Å². The first-order valence-electron chi connectivity index (χ1n) is 6.66. The summed E-state index contributed by atoms with van der Waals surface area (Å²) >= 11 is 0. The van der Waals surface area contributed by atoms with E-state index in [-0.39, 0.29) is 0 Å². The minimum Gasteiger partial charge on any atom is -0.497 e. The summed E-state index contributed by atoms with van der Waals surface area (Å²) in [5.74, 6) is 2.54. The summed E-state index contributed by atoms with van der Waals surface area (Å²) in [4.78, 5) is 0. The molecular formula is C15H23NO2. The number of nitrogens with one attached hydrogen (secondary N) is 1. The predicted molar refractivity (Wildman–Crippen MR) is 73.6 cm³/mol. The molecule has 100 valence electrons. The van der Waals surface area contributed by atoms with Crippen molar-refractivity contribution >= 4 is 0 Å². The monoisotopic (exact) mass is 249 g/mol. The van der Waals surface area contributed by atoms with Crippen LogP contribution in [0.15, 0.2) is 12.1 Å². The topological polar surface area (TPSA) is 30.5 Å². The maximum atomic E-state index is 5.42. The molecule has 0 amide bonds. The standard InChI is InChI=1S/C15H23NO2/c1-11-13(7-12-5-4-6-16-10-12)8-14(17-2)9-15(11)18-3/h8-9,12,16H,4-7,10H2,1-3H3. The first kappa shape index (κ1) is 13.2. The first-order valence-corrected chi connectivity index (χ1v) is 6.66. The third-order valence-electron chi connectivity index (χ3n) is 3.80. The quantitative estimate of drug-likeness (QED) is 0.889. The molecule has 0 bridgehead atoms. The Labute approximate surface area is 109 Å². The summed E-state index contributed by atoms with van der Waals surface area (Å²) in [5, 5.41) is 3.47. The van der Waals surface area contributed by atoms with E-state index in [9.17, 15) is 0 Å². The Kier molecular flexibility index (Phi) is 4.48. The average molecular weight is 249 g/mol. The van der Waals surface area contributed by atoms with E-state index in [0.717, 1.165) is 36.9 Å². The maximum absolute atomic E-state index is 5.42. The van der Waals surface area contributed by atoms with E-state index >= 15 is 0 Å². The van der Waals surface area contributed by atoms with Gasteiger partial charge in [0.25, 0.3) is 0 Å². The Morgan fingerprint density at radius 2 is 2.11 bits per heavy atom. The van der Waals surface area contributed by atoms with Crippen molar-refractivity contribution in [2.24, 2.45) is 5.92 Å². The third kappa shape index (κ3) is 2.96. The van der Waals surface area contributed by atoms with Crippen LogP contribution in [0.5, 0.6) is 11.5 Å². The highest BCUT2D eigenvalue weighted by molar-refractivity contribution is 5.46. The fraction of sp³-hybridized carbons (Fsp3) is 0.600. The number of piperidine rings is 1. The highest BCUT2D eigenvalue weighted by Gasteiger charge is 2.16. The van der Waals surface area contributed by atoms with Gasteiger partial charge in [0.2, 0.25) is 0 Å². The van der Waals surface area contributed by atoms with E-state index in [2.05, 4.69) is 18.3 Å². The highest BCUT2D eigenvalue weighted by atomic mass is 16.5. The molecule has 18 heavy (non-hydrogen) atoms. The fourth-order valence-corrected chi connectivity index (χ4v) is 2.67. The molecule has 1 unspecified atom stereocenters. The summed E-state index contributed by atoms with van der Waals surface area (Å²) in [6.07, 6.45) is 3.70. The van der Waals surface area contributed by atoms with Gasteiger partial charge >= 0.3 is 0 Å². The fourth-order valence-electron chi connectivity index (χ4n) is 2.67. The lowest BCUT2D eigenvalue weighted by Crippen LogP contribution is -2.31. The van der Waals surface area contributed by atoms with Gasteiger partial charge in [-0.2, -0.15) is 0 Å². The molecule has 2 rings (SSSR count). The van der Waals surface area contributed by atoms with Gasteiger partial charge in [0, 0.05) is 6.07 Å². The molecular weight excluding hydrogens is 226 g/mol. The predicted octanol–water partition coefficient (Wildman–Crippen LogP) is 2.55. The van der Waals surface area contributed by atoms with Crippen molar-refractivity contribution in [1.29, 1.82) is 0 Å². The van der Waals surface area contributed by atoms with Gasteiger partial charge in [-0.1, -0.05) is 0 Å². The lowest BCUT2D eigenvalue weighted by molar-refractivity contribution is 0.369. The smallest absolute Gasteiger partial charge is 0.125 e. The van der Waals surface area contributed by atoms with E-state index in [0.29, 0.717) is 0 Å². The zero-order valence-electron chi connectivity index (χ0n) is 11.6. The Bertz CT molecular complexity index is 398. The van der Waals surface area contributed by atoms with Crippen LogP contribution in [0.3, 0.4) is 0 Å². The van der Waals surface area contributed by atoms with Gasteiger partial charge in [0.05, 0.1) is 14.2 Å². The third-order valence-corrected chi connectivity index (χ3v) is 3.80. The Hall–Kier alpha value is -1.22. The Balaban J connectivity index is 2.19. The maximum Gasteiger partial charge on any atom is 0.125 e. The van der Waals surface area contributed by atoms with Crippen molar-refractivity contribution in [3.8, 4) is 11.5 Å². The van der Waals surface area contributed by atoms with Crippen LogP contribution in [-0.2, 0) is 6.42 Å². The van der Waals surface area contributed by atoms with Crippen LogP contribution >= 0.6 is 0 Å². The summed E-state index contributed by atoms with van der Waals surface area (Å²) in [7, 11) is 3.42. The van der Waals surface area contributed by atoms with Crippen LogP contribution in [0.4, 0.5) is 0 Å². The Morgan fingerprint density at radius 1 is 1.28 bits per heavy atom. The van der Waals surface area contributed by atoms with Crippen molar-refractivity contribution in [1.82, 2.24) is 5.32 Å². The summed E-state index contributed by atoms with van der Waals surface area (Å²) in [6, 6.07) is 4.10. The molecule has 1 fully saturated rings. The van der Waals surface area contributed by atoms with Crippen LogP contribution in [0.25, 0.3) is 0 Å². The van der Waals surface area contributed by atoms with Crippen molar-refractivity contribution in [2.45, 2.75) is 26.2 Å². The summed E-state index contributed by atoms with van der Waals surface area (Å²) in [5.41, 5.74) is 2.59. The van der Waals surface area contributed by atoms with E-state index in [1.54, 1.807) is 14.2 Å². The van der Waals surface area contributed by atoms with E-state index < -0.39 is 0 Å². The molecule has 0 aromatic heterocycles. The van der Waals surface area contributed by atoms with Crippen LogP contribution in [0.1, 0.15) is 24.0 Å². The zero-order chi connectivity index (χ0) is 13.0. The number of rotatable bonds is 4. The summed E-state index contributed by atoms with van der Waals surface area (Å²) < 4.78 is 10.8. The highest BCUT2D eigenvalue weighted by Crippen LogP contribution is 2.30. The molecule has 0 radical (unpaired) electrons. The SMILES string of the molecule is COc1cc(CC2CCCNC2)c(C)c(OC)c1. The lowest BCUT2D eigenvalue weighted by Gasteiger charge is -2.24. The first-order chi connectivity index (χ1) is 8.74. The molecule has 1 aromatic carbocycles. The van der Waals surface area contributed by atoms with Crippen LogP contribution in [0, 0.1) is 12.8 Å². The molecule has 1 atom stereocenters. The van der Waals surface area contributed by atoms with Crippen molar-refractivity contribution in [2.75, 3.05) is 27.3 Å². The second-order valence-corrected chi connectivity index (χ2v) is 5.03. The van der Waals surface area contributed by atoms with Crippen LogP contribution in [-0.4, -0.2) is 27.3 Å². The number of benzene rings is 1. The minimum atomic E-state index is 0.731. The van der Waals surface area contributed by atoms with Crippen molar-refractivity contribution in [3.63, 3.8) is 0 Å². The normalized spacial score (nSPS) is 19.6. The van der Waals surface area contributed by atoms with Crippen molar-refractivity contribution < 1.29 is 9.47 Å². The largest absolute Gasteiger partial charge is 0.497 e. The number of hydrogen-bond acceptors (Lipinski definition) is 3. The van der Waals surface area contributed by atoms with E-state index in [1.165, 1.54) is 24.0 Å². The Morgan fingerprint density at radius 3 is 2.72 bits per heavy atom. The molecule has 1 aliphatic rings. The second kappa shape index (κ2) is 6.10. The molecule has 1 saturated heterocycles. The molecule has 0 aliphatic carbocycles. The molecule has 1 N–H and O–H groups in total. The van der Waals surface area contributed by atoms with E-state index in [4.69, 9.17) is 9.47 Å². The molecule has 1 aliphatic heterocycles. The van der Waals surface area contributed by atoms with E-state index in [1.807, 2.05) is 6.07 Å².